The first-order valence-electron chi connectivity index (χ1n) is 7.96. The third-order valence-electron chi connectivity index (χ3n) is 4.07. The Morgan fingerprint density at radius 1 is 1.16 bits per heavy atom. The van der Waals surface area contributed by atoms with Gasteiger partial charge in [0.1, 0.15) is 4.90 Å². The Labute approximate surface area is 146 Å². The zero-order chi connectivity index (χ0) is 17.9. The predicted octanol–water partition coefficient (Wildman–Crippen LogP) is 1.48. The fourth-order valence-electron chi connectivity index (χ4n) is 2.75. The number of aliphatic hydroxyl groups excluding tert-OH is 1. The molecule has 0 atom stereocenters. The molecule has 2 heterocycles. The molecule has 1 aromatic heterocycles. The number of sulfonamides is 1. The third kappa shape index (κ3) is 3.97. The number of aliphatic hydroxyl groups is 1. The van der Waals surface area contributed by atoms with Gasteiger partial charge in [-0.3, -0.25) is 14.5 Å². The van der Waals surface area contributed by atoms with E-state index in [0.717, 1.165) is 0 Å². The van der Waals surface area contributed by atoms with Crippen molar-refractivity contribution in [2.24, 2.45) is 0 Å². The van der Waals surface area contributed by atoms with Gasteiger partial charge < -0.3 is 10.0 Å². The minimum Gasteiger partial charge on any atom is -0.393 e. The quantitative estimate of drug-likeness (QED) is 0.859. The highest BCUT2D eigenvalue weighted by Crippen LogP contribution is 2.22. The molecule has 1 amide bonds. The predicted molar refractivity (Wildman–Crippen MR) is 92.6 cm³/mol. The van der Waals surface area contributed by atoms with E-state index in [1.165, 1.54) is 18.3 Å². The number of nitrogens with zero attached hydrogens (tertiary/aromatic N) is 2. The van der Waals surface area contributed by atoms with Crippen molar-refractivity contribution < 1.29 is 18.3 Å². The van der Waals surface area contributed by atoms with Gasteiger partial charge in [0.25, 0.3) is 15.9 Å². The summed E-state index contributed by atoms with van der Waals surface area (Å²) < 4.78 is 27.9. The van der Waals surface area contributed by atoms with Crippen LogP contribution in [0.4, 0.5) is 5.69 Å². The zero-order valence-electron chi connectivity index (χ0n) is 13.5. The molecule has 1 aliphatic rings. The standard InChI is InChI=1S/C17H19N3O4S/c21-14-7-10-20(11-8-14)17(22)15-5-1-2-6-16(15)25(23,24)19-13-4-3-9-18-12-13/h1-6,9,12,14,19,21H,7-8,10-11H2. The summed E-state index contributed by atoms with van der Waals surface area (Å²) in [7, 11) is -3.93. The molecule has 1 aliphatic heterocycles. The fraction of sp³-hybridized carbons (Fsp3) is 0.294. The highest BCUT2D eigenvalue weighted by atomic mass is 32.2. The lowest BCUT2D eigenvalue weighted by atomic mass is 10.1. The number of aromatic nitrogens is 1. The van der Waals surface area contributed by atoms with Gasteiger partial charge in [0.05, 0.1) is 23.6 Å². The van der Waals surface area contributed by atoms with E-state index in [1.807, 2.05) is 0 Å². The number of hydrogen-bond donors (Lipinski definition) is 2. The van der Waals surface area contributed by atoms with Gasteiger partial charge in [0, 0.05) is 19.3 Å². The summed E-state index contributed by atoms with van der Waals surface area (Å²) in [6, 6.07) is 9.33. The lowest BCUT2D eigenvalue weighted by Crippen LogP contribution is -2.40. The van der Waals surface area contributed by atoms with E-state index >= 15 is 0 Å². The molecular formula is C17H19N3O4S. The van der Waals surface area contributed by atoms with E-state index in [1.54, 1.807) is 35.4 Å². The van der Waals surface area contributed by atoms with Gasteiger partial charge in [0.2, 0.25) is 0 Å². The van der Waals surface area contributed by atoms with E-state index in [4.69, 9.17) is 0 Å². The molecule has 0 aliphatic carbocycles. The molecule has 0 bridgehead atoms. The van der Waals surface area contributed by atoms with E-state index in [0.29, 0.717) is 31.6 Å². The summed E-state index contributed by atoms with van der Waals surface area (Å²) in [5.41, 5.74) is 0.445. The van der Waals surface area contributed by atoms with Gasteiger partial charge in [-0.15, -0.1) is 0 Å². The highest BCUT2D eigenvalue weighted by Gasteiger charge is 2.27. The van der Waals surface area contributed by atoms with Crippen LogP contribution in [0.5, 0.6) is 0 Å². The van der Waals surface area contributed by atoms with Crippen LogP contribution in [-0.4, -0.2) is 48.5 Å². The van der Waals surface area contributed by atoms with Gasteiger partial charge in [-0.25, -0.2) is 8.42 Å². The summed E-state index contributed by atoms with van der Waals surface area (Å²) in [5.74, 6) is -0.348. The molecule has 1 saturated heterocycles. The molecule has 2 aromatic rings. The van der Waals surface area contributed by atoms with Crippen molar-refractivity contribution in [3.63, 3.8) is 0 Å². The number of hydrogen-bond acceptors (Lipinski definition) is 5. The van der Waals surface area contributed by atoms with Gasteiger partial charge >= 0.3 is 0 Å². The number of carbonyl (C=O) groups is 1. The molecule has 0 spiro atoms. The van der Waals surface area contributed by atoms with Crippen LogP contribution < -0.4 is 4.72 Å². The number of amides is 1. The second kappa shape index (κ2) is 7.20. The maximum atomic E-state index is 12.8. The number of rotatable bonds is 4. The normalized spacial score (nSPS) is 15.8. The average molecular weight is 361 g/mol. The number of pyridine rings is 1. The topological polar surface area (TPSA) is 99.6 Å². The second-order valence-corrected chi connectivity index (χ2v) is 7.52. The maximum Gasteiger partial charge on any atom is 0.262 e. The Bertz CT molecular complexity index is 847. The van der Waals surface area contributed by atoms with Crippen molar-refractivity contribution in [3.05, 3.63) is 54.4 Å². The zero-order valence-corrected chi connectivity index (χ0v) is 14.3. The van der Waals surface area contributed by atoms with E-state index in [-0.39, 0.29) is 16.4 Å². The molecule has 0 unspecified atom stereocenters. The molecule has 1 aromatic carbocycles. The van der Waals surface area contributed by atoms with Crippen molar-refractivity contribution in [1.29, 1.82) is 0 Å². The Hall–Kier alpha value is -2.45. The van der Waals surface area contributed by atoms with E-state index < -0.39 is 16.1 Å². The van der Waals surface area contributed by atoms with Crippen LogP contribution in [0.2, 0.25) is 0 Å². The van der Waals surface area contributed by atoms with Crippen LogP contribution in [0.1, 0.15) is 23.2 Å². The summed E-state index contributed by atoms with van der Waals surface area (Å²) in [4.78, 5) is 18.1. The summed E-state index contributed by atoms with van der Waals surface area (Å²) >= 11 is 0. The monoisotopic (exact) mass is 361 g/mol. The molecule has 0 saturated carbocycles. The Morgan fingerprint density at radius 3 is 2.56 bits per heavy atom. The fourth-order valence-corrected chi connectivity index (χ4v) is 3.99. The van der Waals surface area contributed by atoms with Gasteiger partial charge in [-0.05, 0) is 37.1 Å². The molecule has 25 heavy (non-hydrogen) atoms. The van der Waals surface area contributed by atoms with Crippen molar-refractivity contribution >= 4 is 21.6 Å². The molecule has 132 valence electrons. The van der Waals surface area contributed by atoms with Crippen molar-refractivity contribution in [2.45, 2.75) is 23.8 Å². The third-order valence-corrected chi connectivity index (χ3v) is 5.51. The first-order chi connectivity index (χ1) is 12.0. The Balaban J connectivity index is 1.89. The van der Waals surface area contributed by atoms with Crippen molar-refractivity contribution in [2.75, 3.05) is 17.8 Å². The van der Waals surface area contributed by atoms with Crippen LogP contribution >= 0.6 is 0 Å². The number of carbonyl (C=O) groups excluding carboxylic acids is 1. The van der Waals surface area contributed by atoms with Crippen LogP contribution in [-0.2, 0) is 10.0 Å². The molecule has 0 radical (unpaired) electrons. The first kappa shape index (κ1) is 17.4. The van der Waals surface area contributed by atoms with Gasteiger partial charge in [0.15, 0.2) is 0 Å². The van der Waals surface area contributed by atoms with Crippen LogP contribution in [0.25, 0.3) is 0 Å². The maximum absolute atomic E-state index is 12.8. The summed E-state index contributed by atoms with van der Waals surface area (Å²) in [5, 5.41) is 9.58. The van der Waals surface area contributed by atoms with Crippen LogP contribution in [0.3, 0.4) is 0 Å². The molecule has 1 fully saturated rings. The van der Waals surface area contributed by atoms with E-state index in [9.17, 15) is 18.3 Å². The SMILES string of the molecule is O=C(c1ccccc1S(=O)(=O)Nc1cccnc1)N1CCC(O)CC1. The highest BCUT2D eigenvalue weighted by molar-refractivity contribution is 7.92. The smallest absolute Gasteiger partial charge is 0.262 e. The number of benzene rings is 1. The summed E-state index contributed by atoms with van der Waals surface area (Å²) in [6.45, 7) is 0.814. The first-order valence-corrected chi connectivity index (χ1v) is 9.45. The molecule has 3 rings (SSSR count). The van der Waals surface area contributed by atoms with Crippen LogP contribution in [0.15, 0.2) is 53.7 Å². The van der Waals surface area contributed by atoms with Crippen molar-refractivity contribution in [1.82, 2.24) is 9.88 Å². The molecule has 7 nitrogen and oxygen atoms in total. The lowest BCUT2D eigenvalue weighted by Gasteiger charge is -2.30. The van der Waals surface area contributed by atoms with Gasteiger partial charge in [-0.2, -0.15) is 0 Å². The minimum atomic E-state index is -3.93. The number of anilines is 1. The average Bonchev–Trinajstić information content (AvgIpc) is 2.62. The summed E-state index contributed by atoms with van der Waals surface area (Å²) in [6.07, 6.45) is 3.52. The van der Waals surface area contributed by atoms with E-state index in [2.05, 4.69) is 9.71 Å². The van der Waals surface area contributed by atoms with Crippen LogP contribution in [0, 0.1) is 0 Å². The molecular weight excluding hydrogens is 342 g/mol. The minimum absolute atomic E-state index is 0.0741. The lowest BCUT2D eigenvalue weighted by molar-refractivity contribution is 0.0543. The number of nitrogens with one attached hydrogen (secondary N) is 1. The molecule has 2 N–H and O–H groups in total. The number of likely N-dealkylation sites (tertiary alicyclic amines) is 1. The largest absolute Gasteiger partial charge is 0.393 e. The second-order valence-electron chi connectivity index (χ2n) is 5.87. The molecule has 8 heteroatoms. The van der Waals surface area contributed by atoms with Gasteiger partial charge in [-0.1, -0.05) is 12.1 Å². The number of piperidine rings is 1. The Kier molecular flexibility index (Phi) is 5.00. The Morgan fingerprint density at radius 2 is 1.88 bits per heavy atom. The van der Waals surface area contributed by atoms with Crippen molar-refractivity contribution in [3.8, 4) is 0 Å².